The van der Waals surface area contributed by atoms with Crippen molar-refractivity contribution < 1.29 is 14.4 Å². The zero-order valence-corrected chi connectivity index (χ0v) is 13.2. The quantitative estimate of drug-likeness (QED) is 0.851. The van der Waals surface area contributed by atoms with Crippen LogP contribution in [-0.2, 0) is 4.79 Å². The summed E-state index contributed by atoms with van der Waals surface area (Å²) < 4.78 is 5.03. The second-order valence-electron chi connectivity index (χ2n) is 6.50. The molecule has 2 fully saturated rings. The van der Waals surface area contributed by atoms with Gasteiger partial charge in [-0.1, -0.05) is 5.16 Å². The van der Waals surface area contributed by atoms with Gasteiger partial charge in [0.2, 0.25) is 11.8 Å². The molecule has 0 radical (unpaired) electrons. The number of nitrogens with zero attached hydrogens (tertiary/aromatic N) is 4. The first kappa shape index (κ1) is 15.4. The van der Waals surface area contributed by atoms with Crippen molar-refractivity contribution in [3.8, 4) is 0 Å². The van der Waals surface area contributed by atoms with Crippen molar-refractivity contribution in [1.82, 2.24) is 19.9 Å². The lowest BCUT2D eigenvalue weighted by atomic mass is 9.91. The second kappa shape index (κ2) is 6.34. The van der Waals surface area contributed by atoms with Gasteiger partial charge >= 0.3 is 0 Å². The van der Waals surface area contributed by atoms with E-state index in [9.17, 15) is 9.90 Å². The number of aromatic nitrogens is 2. The van der Waals surface area contributed by atoms with Gasteiger partial charge in [0.05, 0.1) is 12.0 Å². The maximum absolute atomic E-state index is 12.6. The highest BCUT2D eigenvalue weighted by Crippen LogP contribution is 2.28. The van der Waals surface area contributed by atoms with E-state index in [1.165, 1.54) is 0 Å². The Morgan fingerprint density at radius 2 is 2.00 bits per heavy atom. The monoisotopic (exact) mass is 308 g/mol. The molecule has 2 saturated heterocycles. The van der Waals surface area contributed by atoms with Gasteiger partial charge < -0.3 is 19.4 Å². The van der Waals surface area contributed by atoms with Crippen LogP contribution in [0.4, 0.5) is 0 Å². The Bertz CT molecular complexity index is 525. The van der Waals surface area contributed by atoms with Gasteiger partial charge in [-0.05, 0) is 26.3 Å². The van der Waals surface area contributed by atoms with Crippen LogP contribution in [0.25, 0.3) is 0 Å². The Kier molecular flexibility index (Phi) is 4.44. The van der Waals surface area contributed by atoms with Crippen LogP contribution in [-0.4, -0.2) is 70.3 Å². The Balaban J connectivity index is 1.57. The molecule has 1 amide bonds. The smallest absolute Gasteiger partial charge is 0.229 e. The summed E-state index contributed by atoms with van der Waals surface area (Å²) in [6.07, 6.45) is 1.86. The number of aliphatic hydroxyl groups excluding tert-OH is 1. The SMILES string of the molecule is Cc1nc(C2CCN(C(=O)[C@@H]3CN(C)CC[C@@H]3O)CC2)no1. The number of likely N-dealkylation sites (tertiary alicyclic amines) is 2. The predicted octanol–water partition coefficient (Wildman–Crippen LogP) is 0.397. The van der Waals surface area contributed by atoms with E-state index in [4.69, 9.17) is 4.52 Å². The number of aryl methyl sites for hydroxylation is 1. The number of carbonyl (C=O) groups is 1. The van der Waals surface area contributed by atoms with Crippen molar-refractivity contribution in [3.05, 3.63) is 11.7 Å². The highest BCUT2D eigenvalue weighted by Gasteiger charge is 2.36. The molecular weight excluding hydrogens is 284 g/mol. The molecule has 7 heteroatoms. The fourth-order valence-corrected chi connectivity index (χ4v) is 3.42. The largest absolute Gasteiger partial charge is 0.392 e. The van der Waals surface area contributed by atoms with Gasteiger partial charge in [0.15, 0.2) is 5.82 Å². The van der Waals surface area contributed by atoms with E-state index in [-0.39, 0.29) is 17.7 Å². The summed E-state index contributed by atoms with van der Waals surface area (Å²) >= 11 is 0. The molecule has 0 unspecified atom stereocenters. The average molecular weight is 308 g/mol. The molecule has 0 bridgehead atoms. The maximum atomic E-state index is 12.6. The summed E-state index contributed by atoms with van der Waals surface area (Å²) in [5, 5.41) is 14.1. The van der Waals surface area contributed by atoms with Gasteiger partial charge in [0.25, 0.3) is 0 Å². The van der Waals surface area contributed by atoms with Crippen LogP contribution in [0.2, 0.25) is 0 Å². The van der Waals surface area contributed by atoms with Crippen molar-refractivity contribution >= 4 is 5.91 Å². The first-order valence-corrected chi connectivity index (χ1v) is 8.00. The fraction of sp³-hybridized carbons (Fsp3) is 0.800. The van der Waals surface area contributed by atoms with E-state index in [0.29, 0.717) is 31.9 Å². The molecule has 122 valence electrons. The zero-order valence-electron chi connectivity index (χ0n) is 13.2. The molecule has 2 aliphatic heterocycles. The summed E-state index contributed by atoms with van der Waals surface area (Å²) in [5.41, 5.74) is 0. The third kappa shape index (κ3) is 3.15. The average Bonchev–Trinajstić information content (AvgIpc) is 2.96. The molecule has 1 aromatic rings. The minimum atomic E-state index is -0.513. The number of rotatable bonds is 2. The van der Waals surface area contributed by atoms with E-state index in [1.807, 2.05) is 11.9 Å². The molecule has 22 heavy (non-hydrogen) atoms. The van der Waals surface area contributed by atoms with Crippen LogP contribution in [0.15, 0.2) is 4.52 Å². The van der Waals surface area contributed by atoms with Gasteiger partial charge in [-0.25, -0.2) is 0 Å². The van der Waals surface area contributed by atoms with E-state index >= 15 is 0 Å². The number of piperidine rings is 2. The van der Waals surface area contributed by atoms with E-state index in [2.05, 4.69) is 15.0 Å². The Morgan fingerprint density at radius 1 is 1.27 bits per heavy atom. The maximum Gasteiger partial charge on any atom is 0.229 e. The predicted molar refractivity (Wildman–Crippen MR) is 79.2 cm³/mol. The fourth-order valence-electron chi connectivity index (χ4n) is 3.42. The lowest BCUT2D eigenvalue weighted by molar-refractivity contribution is -0.143. The Hall–Kier alpha value is -1.47. The van der Waals surface area contributed by atoms with Crippen LogP contribution >= 0.6 is 0 Å². The molecule has 1 N–H and O–H groups in total. The summed E-state index contributed by atoms with van der Waals surface area (Å²) in [6, 6.07) is 0. The molecule has 0 aliphatic carbocycles. The number of amides is 1. The van der Waals surface area contributed by atoms with Crippen LogP contribution in [0.5, 0.6) is 0 Å². The van der Waals surface area contributed by atoms with Crippen LogP contribution in [0, 0.1) is 12.8 Å². The summed E-state index contributed by atoms with van der Waals surface area (Å²) in [6.45, 7) is 4.68. The number of hydrogen-bond donors (Lipinski definition) is 1. The normalized spacial score (nSPS) is 28.0. The van der Waals surface area contributed by atoms with Crippen molar-refractivity contribution in [1.29, 1.82) is 0 Å². The molecule has 0 spiro atoms. The van der Waals surface area contributed by atoms with Crippen LogP contribution in [0.3, 0.4) is 0 Å². The number of aliphatic hydroxyl groups is 1. The molecule has 1 aromatic heterocycles. The van der Waals surface area contributed by atoms with Gasteiger partial charge in [-0.15, -0.1) is 0 Å². The van der Waals surface area contributed by atoms with E-state index in [0.717, 1.165) is 25.2 Å². The second-order valence-corrected chi connectivity index (χ2v) is 6.50. The van der Waals surface area contributed by atoms with Gasteiger partial charge in [-0.3, -0.25) is 4.79 Å². The highest BCUT2D eigenvalue weighted by molar-refractivity contribution is 5.80. The van der Waals surface area contributed by atoms with Gasteiger partial charge in [-0.2, -0.15) is 4.98 Å². The molecule has 0 aromatic carbocycles. The Labute approximate surface area is 130 Å². The van der Waals surface area contributed by atoms with Crippen LogP contribution < -0.4 is 0 Å². The summed E-state index contributed by atoms with van der Waals surface area (Å²) in [4.78, 5) is 20.9. The molecule has 0 saturated carbocycles. The number of carbonyl (C=O) groups excluding carboxylic acids is 1. The van der Waals surface area contributed by atoms with E-state index < -0.39 is 6.10 Å². The minimum Gasteiger partial charge on any atom is -0.392 e. The standard InChI is InChI=1S/C15H24N4O3/c1-10-16-14(17-22-10)11-3-7-19(8-4-11)15(21)12-9-18(2)6-5-13(12)20/h11-13,20H,3-9H2,1-2H3/t12-,13+/m1/s1. The molecule has 3 heterocycles. The van der Waals surface area contributed by atoms with Crippen molar-refractivity contribution in [3.63, 3.8) is 0 Å². The van der Waals surface area contributed by atoms with Crippen LogP contribution in [0.1, 0.15) is 36.9 Å². The number of hydrogen-bond acceptors (Lipinski definition) is 6. The minimum absolute atomic E-state index is 0.0850. The highest BCUT2D eigenvalue weighted by atomic mass is 16.5. The van der Waals surface area contributed by atoms with E-state index in [1.54, 1.807) is 6.92 Å². The molecule has 7 nitrogen and oxygen atoms in total. The van der Waals surface area contributed by atoms with Crippen molar-refractivity contribution in [2.45, 2.75) is 38.2 Å². The third-order valence-electron chi connectivity index (χ3n) is 4.81. The van der Waals surface area contributed by atoms with Crippen molar-refractivity contribution in [2.24, 2.45) is 5.92 Å². The first-order chi connectivity index (χ1) is 10.5. The molecule has 2 atom stereocenters. The molecule has 3 rings (SSSR count). The molecule has 2 aliphatic rings. The van der Waals surface area contributed by atoms with Gasteiger partial charge in [0, 0.05) is 39.0 Å². The van der Waals surface area contributed by atoms with Crippen molar-refractivity contribution in [2.75, 3.05) is 33.2 Å². The summed E-state index contributed by atoms with van der Waals surface area (Å²) in [7, 11) is 2.00. The topological polar surface area (TPSA) is 82.7 Å². The third-order valence-corrected chi connectivity index (χ3v) is 4.81. The van der Waals surface area contributed by atoms with Gasteiger partial charge in [0.1, 0.15) is 0 Å². The first-order valence-electron chi connectivity index (χ1n) is 8.00. The lowest BCUT2D eigenvalue weighted by Gasteiger charge is -2.38. The zero-order chi connectivity index (χ0) is 15.7. The Morgan fingerprint density at radius 3 is 2.64 bits per heavy atom. The molecular formula is C15H24N4O3. The lowest BCUT2D eigenvalue weighted by Crippen LogP contribution is -2.51. The summed E-state index contributed by atoms with van der Waals surface area (Å²) in [5.74, 6) is 1.40.